The summed E-state index contributed by atoms with van der Waals surface area (Å²) in [5, 5.41) is 7.88. The third kappa shape index (κ3) is 4.18. The largest absolute Gasteiger partial charge is 0.352 e. The topological polar surface area (TPSA) is 50.2 Å². The van der Waals surface area contributed by atoms with Crippen molar-refractivity contribution in [3.8, 4) is 0 Å². The average molecular weight is 332 g/mol. The van der Waals surface area contributed by atoms with E-state index in [1.54, 1.807) is 0 Å². The fourth-order valence-corrected chi connectivity index (χ4v) is 3.83. The lowest BCUT2D eigenvalue weighted by Gasteiger charge is -2.15. The van der Waals surface area contributed by atoms with E-state index < -0.39 is 0 Å². The van der Waals surface area contributed by atoms with Gasteiger partial charge in [0, 0.05) is 43.8 Å². The molecule has 1 aliphatic carbocycles. The van der Waals surface area contributed by atoms with Gasteiger partial charge in [-0.1, -0.05) is 13.8 Å². The first-order valence-corrected chi connectivity index (χ1v) is 9.50. The minimum absolute atomic E-state index is 0.188. The van der Waals surface area contributed by atoms with Crippen LogP contribution >= 0.6 is 0 Å². The SMILES string of the molecule is Cc1nn(CC(C)C)c(C)c1CCC(=O)N[C@H]1CCN(C2CC2)C1. The number of nitrogens with zero attached hydrogens (tertiary/aromatic N) is 3. The predicted octanol–water partition coefficient (Wildman–Crippen LogP) is 2.44. The Bertz CT molecular complexity index is 588. The first-order valence-electron chi connectivity index (χ1n) is 9.50. The van der Waals surface area contributed by atoms with E-state index in [4.69, 9.17) is 0 Å². The molecule has 1 saturated heterocycles. The van der Waals surface area contributed by atoms with Gasteiger partial charge in [0.1, 0.15) is 0 Å². The zero-order chi connectivity index (χ0) is 17.3. The molecular weight excluding hydrogens is 300 g/mol. The molecule has 24 heavy (non-hydrogen) atoms. The molecule has 0 spiro atoms. The summed E-state index contributed by atoms with van der Waals surface area (Å²) in [5.74, 6) is 0.768. The number of hydrogen-bond donors (Lipinski definition) is 1. The molecule has 0 radical (unpaired) electrons. The van der Waals surface area contributed by atoms with Crippen molar-refractivity contribution in [2.24, 2.45) is 5.92 Å². The summed E-state index contributed by atoms with van der Waals surface area (Å²) in [4.78, 5) is 14.9. The standard InChI is InChI=1S/C19H32N4O/c1-13(2)11-23-15(4)18(14(3)21-23)7-8-19(24)20-16-9-10-22(12-16)17-5-6-17/h13,16-17H,5-12H2,1-4H3,(H,20,24)/t16-/m0/s1. The Hall–Kier alpha value is -1.36. The molecule has 5 nitrogen and oxygen atoms in total. The molecule has 1 atom stereocenters. The second-order valence-corrected chi connectivity index (χ2v) is 8.00. The first-order chi connectivity index (χ1) is 11.4. The van der Waals surface area contributed by atoms with Crippen LogP contribution in [-0.4, -0.2) is 45.8 Å². The van der Waals surface area contributed by atoms with Gasteiger partial charge in [0.25, 0.3) is 0 Å². The van der Waals surface area contributed by atoms with Gasteiger partial charge >= 0.3 is 0 Å². The molecule has 1 saturated carbocycles. The molecule has 1 aromatic rings. The Labute approximate surface area is 145 Å². The fraction of sp³-hybridized carbons (Fsp3) is 0.789. The van der Waals surface area contributed by atoms with Gasteiger partial charge < -0.3 is 5.32 Å². The highest BCUT2D eigenvalue weighted by molar-refractivity contribution is 5.76. The van der Waals surface area contributed by atoms with Crippen molar-refractivity contribution in [1.29, 1.82) is 0 Å². The molecule has 2 fully saturated rings. The Morgan fingerprint density at radius 3 is 2.71 bits per heavy atom. The van der Waals surface area contributed by atoms with Crippen LogP contribution in [0.15, 0.2) is 0 Å². The van der Waals surface area contributed by atoms with Crippen LogP contribution in [0.1, 0.15) is 56.5 Å². The number of amides is 1. The average Bonchev–Trinajstić information content (AvgIpc) is 3.20. The van der Waals surface area contributed by atoms with E-state index in [-0.39, 0.29) is 5.91 Å². The van der Waals surface area contributed by atoms with Gasteiger partial charge in [-0.15, -0.1) is 0 Å². The highest BCUT2D eigenvalue weighted by atomic mass is 16.1. The fourth-order valence-electron chi connectivity index (χ4n) is 3.83. The van der Waals surface area contributed by atoms with Crippen molar-refractivity contribution >= 4 is 5.91 Å². The summed E-state index contributed by atoms with van der Waals surface area (Å²) in [7, 11) is 0. The summed E-state index contributed by atoms with van der Waals surface area (Å²) in [6.45, 7) is 11.7. The lowest BCUT2D eigenvalue weighted by molar-refractivity contribution is -0.121. The van der Waals surface area contributed by atoms with Crippen molar-refractivity contribution in [3.05, 3.63) is 17.0 Å². The van der Waals surface area contributed by atoms with Crippen LogP contribution in [0.2, 0.25) is 0 Å². The van der Waals surface area contributed by atoms with Crippen molar-refractivity contribution in [3.63, 3.8) is 0 Å². The van der Waals surface area contributed by atoms with Gasteiger partial charge in [-0.2, -0.15) is 5.10 Å². The van der Waals surface area contributed by atoms with Gasteiger partial charge in [0.05, 0.1) is 5.69 Å². The minimum Gasteiger partial charge on any atom is -0.352 e. The minimum atomic E-state index is 0.188. The normalized spacial score (nSPS) is 21.6. The van der Waals surface area contributed by atoms with Crippen LogP contribution in [0.4, 0.5) is 0 Å². The molecular formula is C19H32N4O. The van der Waals surface area contributed by atoms with Gasteiger partial charge in [0.15, 0.2) is 0 Å². The zero-order valence-corrected chi connectivity index (χ0v) is 15.6. The molecule has 134 valence electrons. The predicted molar refractivity (Wildman–Crippen MR) is 96.0 cm³/mol. The second-order valence-electron chi connectivity index (χ2n) is 8.00. The number of rotatable bonds is 7. The summed E-state index contributed by atoms with van der Waals surface area (Å²) in [6.07, 6.45) is 5.15. The van der Waals surface area contributed by atoms with Crippen molar-refractivity contribution in [1.82, 2.24) is 20.0 Å². The number of aromatic nitrogens is 2. The summed E-state index contributed by atoms with van der Waals surface area (Å²) in [5.41, 5.74) is 3.54. The van der Waals surface area contributed by atoms with Crippen molar-refractivity contribution < 1.29 is 4.79 Å². The quantitative estimate of drug-likeness (QED) is 0.834. The van der Waals surface area contributed by atoms with E-state index in [9.17, 15) is 4.79 Å². The molecule has 1 aliphatic heterocycles. The maximum absolute atomic E-state index is 12.3. The van der Waals surface area contributed by atoms with E-state index in [0.29, 0.717) is 18.4 Å². The van der Waals surface area contributed by atoms with Gasteiger partial charge in [0.2, 0.25) is 5.91 Å². The molecule has 2 heterocycles. The molecule has 0 bridgehead atoms. The number of aryl methyl sites for hydroxylation is 1. The Morgan fingerprint density at radius 2 is 2.04 bits per heavy atom. The first kappa shape index (κ1) is 17.5. The molecule has 1 amide bonds. The van der Waals surface area contributed by atoms with Crippen molar-refractivity contribution in [2.45, 2.75) is 78.4 Å². The van der Waals surface area contributed by atoms with Crippen LogP contribution in [0.25, 0.3) is 0 Å². The molecule has 0 unspecified atom stereocenters. The lowest BCUT2D eigenvalue weighted by atomic mass is 10.1. The number of carbonyl (C=O) groups is 1. The third-order valence-electron chi connectivity index (χ3n) is 5.32. The second kappa shape index (κ2) is 7.26. The maximum Gasteiger partial charge on any atom is 0.220 e. The number of likely N-dealkylation sites (tertiary alicyclic amines) is 1. The summed E-state index contributed by atoms with van der Waals surface area (Å²) in [6, 6.07) is 1.16. The Balaban J connectivity index is 1.48. The van der Waals surface area contributed by atoms with Gasteiger partial charge in [-0.25, -0.2) is 0 Å². The Morgan fingerprint density at radius 1 is 1.29 bits per heavy atom. The van der Waals surface area contributed by atoms with E-state index in [0.717, 1.165) is 44.2 Å². The van der Waals surface area contributed by atoms with Gasteiger partial charge in [-0.3, -0.25) is 14.4 Å². The highest BCUT2D eigenvalue weighted by Crippen LogP contribution is 2.29. The summed E-state index contributed by atoms with van der Waals surface area (Å²) < 4.78 is 2.09. The number of carbonyl (C=O) groups excluding carboxylic acids is 1. The summed E-state index contributed by atoms with van der Waals surface area (Å²) >= 11 is 0. The van der Waals surface area contributed by atoms with Crippen LogP contribution in [0, 0.1) is 19.8 Å². The highest BCUT2D eigenvalue weighted by Gasteiger charge is 2.34. The van der Waals surface area contributed by atoms with Crippen LogP contribution in [0.3, 0.4) is 0 Å². The third-order valence-corrected chi connectivity index (χ3v) is 5.32. The number of nitrogens with one attached hydrogen (secondary N) is 1. The van der Waals surface area contributed by atoms with Crippen LogP contribution < -0.4 is 5.32 Å². The smallest absolute Gasteiger partial charge is 0.220 e. The lowest BCUT2D eigenvalue weighted by Crippen LogP contribution is -2.37. The zero-order valence-electron chi connectivity index (χ0n) is 15.6. The Kier molecular flexibility index (Phi) is 5.28. The van der Waals surface area contributed by atoms with E-state index in [1.807, 2.05) is 0 Å². The molecule has 1 N–H and O–H groups in total. The van der Waals surface area contributed by atoms with Gasteiger partial charge in [-0.05, 0) is 51.0 Å². The maximum atomic E-state index is 12.3. The molecule has 0 aromatic carbocycles. The van der Waals surface area contributed by atoms with Crippen LogP contribution in [-0.2, 0) is 17.8 Å². The van der Waals surface area contributed by atoms with E-state index >= 15 is 0 Å². The van der Waals surface area contributed by atoms with E-state index in [1.165, 1.54) is 24.1 Å². The number of hydrogen-bond acceptors (Lipinski definition) is 3. The molecule has 2 aliphatic rings. The van der Waals surface area contributed by atoms with Crippen molar-refractivity contribution in [2.75, 3.05) is 13.1 Å². The molecule has 1 aromatic heterocycles. The monoisotopic (exact) mass is 332 g/mol. The van der Waals surface area contributed by atoms with Crippen LogP contribution in [0.5, 0.6) is 0 Å². The molecule has 3 rings (SSSR count). The molecule has 5 heteroatoms. The van der Waals surface area contributed by atoms with E-state index in [2.05, 4.69) is 47.7 Å².